The number of carbonyl (C=O) groups excluding carboxylic acids is 1. The molecule has 2 aromatic rings. The molecule has 0 aromatic heterocycles. The van der Waals surface area contributed by atoms with Crippen molar-refractivity contribution in [2.24, 2.45) is 0 Å². The Morgan fingerprint density at radius 1 is 1.20 bits per heavy atom. The van der Waals surface area contributed by atoms with Crippen molar-refractivity contribution in [3.63, 3.8) is 0 Å². The number of piperazine rings is 1. The van der Waals surface area contributed by atoms with Crippen LogP contribution in [0.3, 0.4) is 0 Å². The minimum atomic E-state index is 0.167. The van der Waals surface area contributed by atoms with E-state index in [0.29, 0.717) is 6.54 Å². The number of ether oxygens (including phenoxy) is 1. The van der Waals surface area contributed by atoms with Gasteiger partial charge in [-0.25, -0.2) is 0 Å². The number of hydrogen-bond donors (Lipinski definition) is 0. The molecule has 0 N–H and O–H groups in total. The third-order valence-electron chi connectivity index (χ3n) is 5.13. The van der Waals surface area contributed by atoms with Gasteiger partial charge in [-0.05, 0) is 42.7 Å². The van der Waals surface area contributed by atoms with Crippen LogP contribution in [0.4, 0.5) is 5.69 Å². The van der Waals surface area contributed by atoms with E-state index in [2.05, 4.69) is 43.0 Å². The molecule has 2 aliphatic heterocycles. The first-order valence-electron chi connectivity index (χ1n) is 8.96. The topological polar surface area (TPSA) is 32.8 Å². The maximum atomic E-state index is 12.8. The fourth-order valence-electron chi connectivity index (χ4n) is 3.96. The maximum absolute atomic E-state index is 12.8. The summed E-state index contributed by atoms with van der Waals surface area (Å²) >= 11 is 0. The quantitative estimate of drug-likeness (QED) is 0.863. The molecule has 25 heavy (non-hydrogen) atoms. The van der Waals surface area contributed by atoms with Crippen LogP contribution < -0.4 is 9.64 Å². The van der Waals surface area contributed by atoms with Gasteiger partial charge in [-0.1, -0.05) is 30.3 Å². The molecule has 2 aromatic carbocycles. The first kappa shape index (κ1) is 16.2. The average molecular weight is 336 g/mol. The Hall–Kier alpha value is -2.33. The van der Waals surface area contributed by atoms with Crippen LogP contribution in [0.5, 0.6) is 5.75 Å². The molecular weight excluding hydrogens is 312 g/mol. The van der Waals surface area contributed by atoms with Crippen LogP contribution in [-0.4, -0.2) is 36.5 Å². The van der Waals surface area contributed by atoms with Gasteiger partial charge in [-0.2, -0.15) is 0 Å². The second-order valence-corrected chi connectivity index (χ2v) is 7.11. The molecule has 2 heterocycles. The van der Waals surface area contributed by atoms with Gasteiger partial charge in [-0.15, -0.1) is 0 Å². The lowest BCUT2D eigenvalue weighted by Crippen LogP contribution is -2.55. The summed E-state index contributed by atoms with van der Waals surface area (Å²) in [5.74, 6) is 1.19. The summed E-state index contributed by atoms with van der Waals surface area (Å²) in [7, 11) is 0. The van der Waals surface area contributed by atoms with Crippen LogP contribution in [0.25, 0.3) is 0 Å². The van der Waals surface area contributed by atoms with Gasteiger partial charge in [0.1, 0.15) is 5.75 Å². The van der Waals surface area contributed by atoms with Gasteiger partial charge in [0.25, 0.3) is 0 Å². The smallest absolute Gasteiger partial charge is 0.241 e. The van der Waals surface area contributed by atoms with Crippen LogP contribution in [0.15, 0.2) is 42.5 Å². The largest absolute Gasteiger partial charge is 0.493 e. The molecule has 1 unspecified atom stereocenters. The number of rotatable bonds is 3. The fraction of sp³-hybridized carbons (Fsp3) is 0.381. The predicted molar refractivity (Wildman–Crippen MR) is 99.0 cm³/mol. The van der Waals surface area contributed by atoms with E-state index in [1.165, 1.54) is 11.1 Å². The minimum absolute atomic E-state index is 0.167. The van der Waals surface area contributed by atoms with E-state index >= 15 is 0 Å². The highest BCUT2D eigenvalue weighted by atomic mass is 16.5. The highest BCUT2D eigenvalue weighted by Gasteiger charge is 2.31. The lowest BCUT2D eigenvalue weighted by atomic mass is 10.1. The molecule has 1 atom stereocenters. The number of benzene rings is 2. The summed E-state index contributed by atoms with van der Waals surface area (Å²) in [6, 6.07) is 14.7. The van der Waals surface area contributed by atoms with Crippen LogP contribution >= 0.6 is 0 Å². The molecule has 0 saturated carbocycles. The molecule has 2 aliphatic rings. The van der Waals surface area contributed by atoms with Crippen LogP contribution in [0.1, 0.15) is 23.6 Å². The van der Waals surface area contributed by atoms with Gasteiger partial charge in [0, 0.05) is 31.2 Å². The summed E-state index contributed by atoms with van der Waals surface area (Å²) in [6.45, 7) is 7.13. The summed E-state index contributed by atoms with van der Waals surface area (Å²) < 4.78 is 5.58. The predicted octanol–water partition coefficient (Wildman–Crippen LogP) is 3.17. The summed E-state index contributed by atoms with van der Waals surface area (Å²) in [6.07, 6.45) is 0.986. The van der Waals surface area contributed by atoms with Crippen molar-refractivity contribution in [2.45, 2.75) is 32.9 Å². The van der Waals surface area contributed by atoms with Crippen molar-refractivity contribution < 1.29 is 9.53 Å². The van der Waals surface area contributed by atoms with Crippen molar-refractivity contribution in [3.8, 4) is 5.75 Å². The monoisotopic (exact) mass is 336 g/mol. The number of amides is 1. The van der Waals surface area contributed by atoms with Crippen LogP contribution in [-0.2, 0) is 17.8 Å². The minimum Gasteiger partial charge on any atom is -0.493 e. The van der Waals surface area contributed by atoms with Crippen molar-refractivity contribution >= 4 is 11.6 Å². The van der Waals surface area contributed by atoms with Crippen molar-refractivity contribution in [1.82, 2.24) is 4.90 Å². The standard InChI is InChI=1S/C21H24N2O2/c1-15-5-3-4-6-19(15)23-16(2)12-22(14-21(23)24)13-17-7-8-20-18(11-17)9-10-25-20/h3-8,11,16H,9-10,12-14H2,1-2H3. The Bertz CT molecular complexity index is 802. The molecule has 4 heteroatoms. The number of para-hydroxylation sites is 1. The maximum Gasteiger partial charge on any atom is 0.241 e. The Morgan fingerprint density at radius 2 is 2.04 bits per heavy atom. The first-order valence-corrected chi connectivity index (χ1v) is 8.96. The van der Waals surface area contributed by atoms with E-state index in [0.717, 1.165) is 43.1 Å². The van der Waals surface area contributed by atoms with Gasteiger partial charge < -0.3 is 9.64 Å². The van der Waals surface area contributed by atoms with Crippen LogP contribution in [0.2, 0.25) is 0 Å². The van der Waals surface area contributed by atoms with E-state index in [4.69, 9.17) is 4.74 Å². The van der Waals surface area contributed by atoms with Gasteiger partial charge in [-0.3, -0.25) is 9.69 Å². The molecule has 0 spiro atoms. The number of carbonyl (C=O) groups is 1. The highest BCUT2D eigenvalue weighted by molar-refractivity contribution is 5.96. The van der Waals surface area contributed by atoms with Gasteiger partial charge in [0.2, 0.25) is 5.91 Å². The Labute approximate surface area is 149 Å². The average Bonchev–Trinajstić information content (AvgIpc) is 3.03. The molecule has 0 aliphatic carbocycles. The molecule has 1 amide bonds. The van der Waals surface area contributed by atoms with Crippen molar-refractivity contribution in [3.05, 3.63) is 59.2 Å². The lowest BCUT2D eigenvalue weighted by molar-refractivity contribution is -0.122. The third-order valence-corrected chi connectivity index (χ3v) is 5.13. The fourth-order valence-corrected chi connectivity index (χ4v) is 3.96. The van der Waals surface area contributed by atoms with Crippen LogP contribution in [0, 0.1) is 6.92 Å². The normalized spacial score (nSPS) is 20.5. The number of anilines is 1. The zero-order chi connectivity index (χ0) is 17.4. The van der Waals surface area contributed by atoms with E-state index in [1.807, 2.05) is 23.1 Å². The molecule has 130 valence electrons. The second-order valence-electron chi connectivity index (χ2n) is 7.11. The van der Waals surface area contributed by atoms with E-state index in [9.17, 15) is 4.79 Å². The van der Waals surface area contributed by atoms with Gasteiger partial charge in [0.15, 0.2) is 0 Å². The second kappa shape index (κ2) is 6.52. The molecule has 1 saturated heterocycles. The van der Waals surface area contributed by atoms with E-state index < -0.39 is 0 Å². The Morgan fingerprint density at radius 3 is 2.84 bits per heavy atom. The number of fused-ring (bicyclic) bond motifs is 1. The zero-order valence-electron chi connectivity index (χ0n) is 14.9. The summed E-state index contributed by atoms with van der Waals surface area (Å²) in [4.78, 5) is 17.0. The van der Waals surface area contributed by atoms with Crippen molar-refractivity contribution in [2.75, 3.05) is 24.6 Å². The van der Waals surface area contributed by atoms with Gasteiger partial charge in [0.05, 0.1) is 13.2 Å². The number of hydrogen-bond acceptors (Lipinski definition) is 3. The Kier molecular flexibility index (Phi) is 4.22. The van der Waals surface area contributed by atoms with Gasteiger partial charge >= 0.3 is 0 Å². The molecular formula is C21H24N2O2. The summed E-state index contributed by atoms with van der Waals surface area (Å²) in [5.41, 5.74) is 4.73. The number of aryl methyl sites for hydroxylation is 1. The van der Waals surface area contributed by atoms with E-state index in [1.54, 1.807) is 0 Å². The highest BCUT2D eigenvalue weighted by Crippen LogP contribution is 2.28. The first-order chi connectivity index (χ1) is 12.1. The lowest BCUT2D eigenvalue weighted by Gasteiger charge is -2.40. The summed E-state index contributed by atoms with van der Waals surface area (Å²) in [5, 5.41) is 0. The zero-order valence-corrected chi connectivity index (χ0v) is 14.9. The molecule has 4 nitrogen and oxygen atoms in total. The molecule has 0 radical (unpaired) electrons. The third kappa shape index (κ3) is 3.14. The Balaban J connectivity index is 1.48. The SMILES string of the molecule is Cc1ccccc1N1C(=O)CN(Cc2ccc3c(c2)CCO3)CC1C. The molecule has 0 bridgehead atoms. The van der Waals surface area contributed by atoms with Crippen molar-refractivity contribution in [1.29, 1.82) is 0 Å². The molecule has 1 fully saturated rings. The number of nitrogens with zero attached hydrogens (tertiary/aromatic N) is 2. The van der Waals surface area contributed by atoms with E-state index in [-0.39, 0.29) is 11.9 Å². The molecule has 4 rings (SSSR count).